The number of rotatable bonds is 6. The predicted molar refractivity (Wildman–Crippen MR) is 97.3 cm³/mol. The molecule has 0 atom stereocenters. The summed E-state index contributed by atoms with van der Waals surface area (Å²) in [7, 11) is 3.02. The van der Waals surface area contributed by atoms with E-state index in [0.717, 1.165) is 11.3 Å². The Hall–Kier alpha value is -2.66. The average Bonchev–Trinajstić information content (AvgIpc) is 3.12. The lowest BCUT2D eigenvalue weighted by Gasteiger charge is -2.05. The molecule has 3 rings (SSSR count). The van der Waals surface area contributed by atoms with Crippen LogP contribution in [0.1, 0.15) is 15.2 Å². The van der Waals surface area contributed by atoms with E-state index in [-0.39, 0.29) is 18.0 Å². The Kier molecular flexibility index (Phi) is 5.14. The van der Waals surface area contributed by atoms with Gasteiger partial charge in [0, 0.05) is 16.9 Å². The van der Waals surface area contributed by atoms with Crippen molar-refractivity contribution in [2.24, 2.45) is 0 Å². The quantitative estimate of drug-likeness (QED) is 0.583. The maximum absolute atomic E-state index is 14.4. The minimum absolute atomic E-state index is 0.00666. The van der Waals surface area contributed by atoms with Crippen LogP contribution < -0.4 is 9.47 Å². The van der Waals surface area contributed by atoms with E-state index in [9.17, 15) is 9.18 Å². The molecule has 3 nitrogen and oxygen atoms in total. The standard InChI is InChI=1S/C20H17FO3S/c1-23-14-6-3-5-13(11-14)12-16(22)19-10-9-18(25-19)15-7-4-8-17(24-2)20(15)21/h3-11H,12H2,1-2H3. The van der Waals surface area contributed by atoms with Crippen molar-refractivity contribution in [3.05, 3.63) is 70.9 Å². The molecule has 0 saturated carbocycles. The van der Waals surface area contributed by atoms with Crippen molar-refractivity contribution in [3.8, 4) is 21.9 Å². The first-order valence-corrected chi connectivity index (χ1v) is 8.53. The summed E-state index contributed by atoms with van der Waals surface area (Å²) in [6.07, 6.45) is 0.276. The summed E-state index contributed by atoms with van der Waals surface area (Å²) >= 11 is 1.28. The van der Waals surface area contributed by atoms with Gasteiger partial charge in [-0.05, 0) is 35.9 Å². The Morgan fingerprint density at radius 3 is 2.60 bits per heavy atom. The zero-order valence-corrected chi connectivity index (χ0v) is 14.7. The molecule has 1 aromatic heterocycles. The molecule has 0 aliphatic rings. The van der Waals surface area contributed by atoms with E-state index in [2.05, 4.69) is 0 Å². The van der Waals surface area contributed by atoms with Crippen LogP contribution in [0, 0.1) is 5.82 Å². The van der Waals surface area contributed by atoms with Crippen LogP contribution in [-0.4, -0.2) is 20.0 Å². The highest BCUT2D eigenvalue weighted by atomic mass is 32.1. The molecule has 0 bridgehead atoms. The molecule has 0 radical (unpaired) electrons. The highest BCUT2D eigenvalue weighted by Crippen LogP contribution is 2.34. The summed E-state index contributed by atoms with van der Waals surface area (Å²) in [5.74, 6) is 0.484. The average molecular weight is 356 g/mol. The predicted octanol–water partition coefficient (Wildman–Crippen LogP) is 5.00. The molecular formula is C20H17FO3S. The van der Waals surface area contributed by atoms with Gasteiger partial charge in [0.25, 0.3) is 0 Å². The number of halogens is 1. The first kappa shape index (κ1) is 17.2. The largest absolute Gasteiger partial charge is 0.497 e. The van der Waals surface area contributed by atoms with Gasteiger partial charge in [-0.25, -0.2) is 4.39 Å². The molecule has 0 spiro atoms. The Bertz CT molecular complexity index is 901. The number of thiophene rings is 1. The van der Waals surface area contributed by atoms with Crippen LogP contribution in [0.4, 0.5) is 4.39 Å². The fourth-order valence-corrected chi connectivity index (χ4v) is 3.51. The fourth-order valence-electron chi connectivity index (χ4n) is 2.55. The summed E-state index contributed by atoms with van der Waals surface area (Å²) in [6, 6.07) is 15.9. The van der Waals surface area contributed by atoms with Crippen molar-refractivity contribution in [1.29, 1.82) is 0 Å². The van der Waals surface area contributed by atoms with Crippen LogP contribution in [-0.2, 0) is 6.42 Å². The van der Waals surface area contributed by atoms with Gasteiger partial charge in [0.2, 0.25) is 0 Å². The highest BCUT2D eigenvalue weighted by molar-refractivity contribution is 7.17. The number of carbonyl (C=O) groups excluding carboxylic acids is 1. The Morgan fingerprint density at radius 2 is 1.84 bits per heavy atom. The number of methoxy groups -OCH3 is 2. The van der Waals surface area contributed by atoms with Gasteiger partial charge in [0.1, 0.15) is 5.75 Å². The lowest BCUT2D eigenvalue weighted by atomic mass is 10.1. The van der Waals surface area contributed by atoms with Gasteiger partial charge in [0.15, 0.2) is 17.3 Å². The van der Waals surface area contributed by atoms with Crippen LogP contribution in [0.15, 0.2) is 54.6 Å². The number of hydrogen-bond acceptors (Lipinski definition) is 4. The number of benzene rings is 2. The van der Waals surface area contributed by atoms with Gasteiger partial charge >= 0.3 is 0 Å². The van der Waals surface area contributed by atoms with E-state index in [0.29, 0.717) is 15.3 Å². The number of ether oxygens (including phenoxy) is 2. The summed E-state index contributed by atoms with van der Waals surface area (Å²) in [6.45, 7) is 0. The Morgan fingerprint density at radius 1 is 1.04 bits per heavy atom. The second-order valence-corrected chi connectivity index (χ2v) is 6.52. The van der Waals surface area contributed by atoms with Gasteiger partial charge in [0.05, 0.1) is 19.1 Å². The number of carbonyl (C=O) groups is 1. The van der Waals surface area contributed by atoms with Crippen LogP contribution in [0.3, 0.4) is 0 Å². The third-order valence-corrected chi connectivity index (χ3v) is 4.99. The molecule has 0 aliphatic carbocycles. The molecule has 0 aliphatic heterocycles. The second kappa shape index (κ2) is 7.49. The minimum Gasteiger partial charge on any atom is -0.497 e. The van der Waals surface area contributed by atoms with E-state index in [4.69, 9.17) is 9.47 Å². The normalized spacial score (nSPS) is 10.5. The molecule has 0 amide bonds. The fraction of sp³-hybridized carbons (Fsp3) is 0.150. The second-order valence-electron chi connectivity index (χ2n) is 5.44. The molecule has 0 N–H and O–H groups in total. The van der Waals surface area contributed by atoms with Crippen molar-refractivity contribution in [3.63, 3.8) is 0 Å². The van der Waals surface area contributed by atoms with Gasteiger partial charge in [-0.3, -0.25) is 4.79 Å². The summed E-state index contributed by atoms with van der Waals surface area (Å²) in [5.41, 5.74) is 1.32. The summed E-state index contributed by atoms with van der Waals surface area (Å²) in [5, 5.41) is 0. The molecular weight excluding hydrogens is 339 g/mol. The van der Waals surface area contributed by atoms with Crippen molar-refractivity contribution < 1.29 is 18.7 Å². The first-order chi connectivity index (χ1) is 12.1. The number of Topliss-reactive ketones (excluding diaryl/α,β-unsaturated/α-hetero) is 1. The summed E-state index contributed by atoms with van der Waals surface area (Å²) in [4.78, 5) is 13.8. The first-order valence-electron chi connectivity index (χ1n) is 7.71. The molecule has 1 heterocycles. The number of ketones is 1. The number of hydrogen-bond donors (Lipinski definition) is 0. The maximum atomic E-state index is 14.4. The van der Waals surface area contributed by atoms with Gasteiger partial charge < -0.3 is 9.47 Å². The van der Waals surface area contributed by atoms with Gasteiger partial charge in [-0.2, -0.15) is 0 Å². The summed E-state index contributed by atoms with van der Waals surface area (Å²) < 4.78 is 24.6. The SMILES string of the molecule is COc1cccc(CC(=O)c2ccc(-c3cccc(OC)c3F)s2)c1. The molecule has 5 heteroatoms. The van der Waals surface area contributed by atoms with E-state index in [1.54, 1.807) is 37.4 Å². The van der Waals surface area contributed by atoms with Crippen molar-refractivity contribution >= 4 is 17.1 Å². The van der Waals surface area contributed by atoms with Crippen molar-refractivity contribution in [2.45, 2.75) is 6.42 Å². The minimum atomic E-state index is -0.418. The van der Waals surface area contributed by atoms with Crippen LogP contribution in [0.5, 0.6) is 11.5 Å². The van der Waals surface area contributed by atoms with E-state index < -0.39 is 5.82 Å². The van der Waals surface area contributed by atoms with Crippen molar-refractivity contribution in [1.82, 2.24) is 0 Å². The molecule has 2 aromatic carbocycles. The third kappa shape index (κ3) is 3.72. The smallest absolute Gasteiger partial charge is 0.177 e. The Labute approximate surface area is 149 Å². The molecule has 128 valence electrons. The van der Waals surface area contributed by atoms with Crippen LogP contribution in [0.25, 0.3) is 10.4 Å². The van der Waals surface area contributed by atoms with Crippen molar-refractivity contribution in [2.75, 3.05) is 14.2 Å². The monoisotopic (exact) mass is 356 g/mol. The van der Waals surface area contributed by atoms with Crippen LogP contribution >= 0.6 is 11.3 Å². The van der Waals surface area contributed by atoms with Crippen LogP contribution in [0.2, 0.25) is 0 Å². The van der Waals surface area contributed by atoms with Gasteiger partial charge in [-0.1, -0.05) is 24.3 Å². The lowest BCUT2D eigenvalue weighted by molar-refractivity contribution is 0.0997. The topological polar surface area (TPSA) is 35.5 Å². The third-order valence-electron chi connectivity index (χ3n) is 3.83. The molecule has 0 fully saturated rings. The van der Waals surface area contributed by atoms with E-state index >= 15 is 0 Å². The van der Waals surface area contributed by atoms with E-state index in [1.807, 2.05) is 24.3 Å². The molecule has 0 unspecified atom stereocenters. The Balaban J connectivity index is 1.82. The molecule has 0 saturated heterocycles. The lowest BCUT2D eigenvalue weighted by Crippen LogP contribution is -2.01. The zero-order chi connectivity index (χ0) is 17.8. The molecule has 3 aromatic rings. The van der Waals surface area contributed by atoms with Gasteiger partial charge in [-0.15, -0.1) is 11.3 Å². The highest BCUT2D eigenvalue weighted by Gasteiger charge is 2.15. The zero-order valence-electron chi connectivity index (χ0n) is 13.9. The van der Waals surface area contributed by atoms with E-state index in [1.165, 1.54) is 18.4 Å². The molecule has 25 heavy (non-hydrogen) atoms. The maximum Gasteiger partial charge on any atom is 0.177 e.